The highest BCUT2D eigenvalue weighted by molar-refractivity contribution is 5.78. The van der Waals surface area contributed by atoms with Gasteiger partial charge in [-0.1, -0.05) is 0 Å². The zero-order chi connectivity index (χ0) is 12.8. The Kier molecular flexibility index (Phi) is 4.89. The first kappa shape index (κ1) is 13.4. The lowest BCUT2D eigenvalue weighted by Crippen LogP contribution is -2.30. The zero-order valence-corrected chi connectivity index (χ0v) is 9.47. The van der Waals surface area contributed by atoms with Crippen LogP contribution in [-0.2, 0) is 23.9 Å². The molecule has 1 fully saturated rings. The van der Waals surface area contributed by atoms with E-state index in [1.165, 1.54) is 7.11 Å². The van der Waals surface area contributed by atoms with Crippen molar-refractivity contribution >= 4 is 17.9 Å². The normalized spacial score (nSPS) is 23.1. The van der Waals surface area contributed by atoms with Crippen molar-refractivity contribution in [3.63, 3.8) is 0 Å². The number of methoxy groups -OCH3 is 1. The summed E-state index contributed by atoms with van der Waals surface area (Å²) in [5.41, 5.74) is 0. The van der Waals surface area contributed by atoms with Gasteiger partial charge in [0.25, 0.3) is 0 Å². The SMILES string of the molecule is COC(=O)CCC(=O)O[C@H]1CN[C@H](C(=O)O)C1. The molecule has 0 unspecified atom stereocenters. The molecule has 17 heavy (non-hydrogen) atoms. The van der Waals surface area contributed by atoms with Crippen LogP contribution in [0.1, 0.15) is 19.3 Å². The van der Waals surface area contributed by atoms with Gasteiger partial charge < -0.3 is 19.9 Å². The molecule has 1 rings (SSSR count). The fraction of sp³-hybridized carbons (Fsp3) is 0.700. The minimum atomic E-state index is -0.960. The van der Waals surface area contributed by atoms with Gasteiger partial charge in [-0.25, -0.2) is 0 Å². The highest BCUT2D eigenvalue weighted by atomic mass is 16.5. The molecule has 0 spiro atoms. The minimum absolute atomic E-state index is 0.0299. The Morgan fingerprint density at radius 2 is 1.94 bits per heavy atom. The van der Waals surface area contributed by atoms with E-state index >= 15 is 0 Å². The van der Waals surface area contributed by atoms with E-state index in [1.807, 2.05) is 0 Å². The van der Waals surface area contributed by atoms with Gasteiger partial charge in [0.15, 0.2) is 0 Å². The molecular weight excluding hydrogens is 230 g/mol. The molecule has 0 bridgehead atoms. The van der Waals surface area contributed by atoms with Gasteiger partial charge in [-0.3, -0.25) is 14.4 Å². The Morgan fingerprint density at radius 1 is 1.29 bits per heavy atom. The highest BCUT2D eigenvalue weighted by Crippen LogP contribution is 2.11. The molecule has 1 heterocycles. The maximum Gasteiger partial charge on any atom is 0.320 e. The van der Waals surface area contributed by atoms with E-state index in [0.29, 0.717) is 6.54 Å². The summed E-state index contributed by atoms with van der Waals surface area (Å²) in [4.78, 5) is 32.7. The van der Waals surface area contributed by atoms with Crippen LogP contribution in [0.3, 0.4) is 0 Å². The lowest BCUT2D eigenvalue weighted by Gasteiger charge is -2.10. The maximum atomic E-state index is 11.3. The molecular formula is C10H15NO6. The lowest BCUT2D eigenvalue weighted by molar-refractivity contribution is -0.152. The topological polar surface area (TPSA) is 102 Å². The van der Waals surface area contributed by atoms with E-state index in [1.54, 1.807) is 0 Å². The summed E-state index contributed by atoms with van der Waals surface area (Å²) in [5, 5.41) is 11.4. The molecule has 0 aromatic carbocycles. The quantitative estimate of drug-likeness (QED) is 0.617. The first-order chi connectivity index (χ1) is 8.02. The van der Waals surface area contributed by atoms with Crippen molar-refractivity contribution in [2.75, 3.05) is 13.7 Å². The number of ether oxygens (including phenoxy) is 2. The molecule has 0 amide bonds. The minimum Gasteiger partial charge on any atom is -0.480 e. The first-order valence-electron chi connectivity index (χ1n) is 5.25. The molecule has 7 nitrogen and oxygen atoms in total. The molecule has 0 aromatic heterocycles. The van der Waals surface area contributed by atoms with E-state index in [-0.39, 0.29) is 19.3 Å². The smallest absolute Gasteiger partial charge is 0.320 e. The molecule has 0 aromatic rings. The number of carbonyl (C=O) groups excluding carboxylic acids is 2. The zero-order valence-electron chi connectivity index (χ0n) is 9.47. The summed E-state index contributed by atoms with van der Waals surface area (Å²) in [5.74, 6) is -1.96. The second-order valence-electron chi connectivity index (χ2n) is 3.72. The van der Waals surface area contributed by atoms with Crippen LogP contribution < -0.4 is 5.32 Å². The van der Waals surface area contributed by atoms with Crippen LogP contribution in [0.5, 0.6) is 0 Å². The van der Waals surface area contributed by atoms with Gasteiger partial charge in [-0.15, -0.1) is 0 Å². The van der Waals surface area contributed by atoms with Crippen LogP contribution in [-0.4, -0.2) is 48.8 Å². The van der Waals surface area contributed by atoms with Crippen LogP contribution in [0.2, 0.25) is 0 Å². The molecule has 1 saturated heterocycles. The average molecular weight is 245 g/mol. The summed E-state index contributed by atoms with van der Waals surface area (Å²) in [6, 6.07) is -0.673. The molecule has 0 radical (unpaired) electrons. The summed E-state index contributed by atoms with van der Waals surface area (Å²) in [6.07, 6.45) is -0.279. The van der Waals surface area contributed by atoms with E-state index in [2.05, 4.69) is 10.1 Å². The van der Waals surface area contributed by atoms with Crippen LogP contribution in [0.4, 0.5) is 0 Å². The van der Waals surface area contributed by atoms with Gasteiger partial charge in [0.1, 0.15) is 12.1 Å². The van der Waals surface area contributed by atoms with Crippen LogP contribution in [0.15, 0.2) is 0 Å². The van der Waals surface area contributed by atoms with Gasteiger partial charge in [0, 0.05) is 13.0 Å². The van der Waals surface area contributed by atoms with Crippen molar-refractivity contribution in [1.29, 1.82) is 0 Å². The third-order valence-corrected chi connectivity index (χ3v) is 2.45. The molecule has 0 saturated carbocycles. The van der Waals surface area contributed by atoms with Gasteiger partial charge in [-0.2, -0.15) is 0 Å². The fourth-order valence-electron chi connectivity index (χ4n) is 1.53. The number of carboxylic acids is 1. The van der Waals surface area contributed by atoms with Crippen molar-refractivity contribution in [3.05, 3.63) is 0 Å². The van der Waals surface area contributed by atoms with Crippen LogP contribution >= 0.6 is 0 Å². The Balaban J connectivity index is 2.24. The molecule has 1 aliphatic heterocycles. The van der Waals surface area contributed by atoms with Gasteiger partial charge in [0.05, 0.1) is 20.0 Å². The third-order valence-electron chi connectivity index (χ3n) is 2.45. The Hall–Kier alpha value is -1.63. The first-order valence-corrected chi connectivity index (χ1v) is 5.25. The van der Waals surface area contributed by atoms with E-state index in [9.17, 15) is 14.4 Å². The second-order valence-corrected chi connectivity index (χ2v) is 3.72. The van der Waals surface area contributed by atoms with Crippen molar-refractivity contribution in [1.82, 2.24) is 5.32 Å². The largest absolute Gasteiger partial charge is 0.480 e. The van der Waals surface area contributed by atoms with E-state index < -0.39 is 30.1 Å². The van der Waals surface area contributed by atoms with E-state index in [0.717, 1.165) is 0 Å². The number of rotatable bonds is 5. The number of esters is 2. The number of nitrogens with one attached hydrogen (secondary N) is 1. The predicted octanol–water partition coefficient (Wildman–Crippen LogP) is -0.702. The number of hydrogen-bond donors (Lipinski definition) is 2. The fourth-order valence-corrected chi connectivity index (χ4v) is 1.53. The Bertz CT molecular complexity index is 316. The predicted molar refractivity (Wildman–Crippen MR) is 55.2 cm³/mol. The average Bonchev–Trinajstić information content (AvgIpc) is 2.74. The molecule has 2 N–H and O–H groups in total. The number of carbonyl (C=O) groups is 3. The van der Waals surface area contributed by atoms with Crippen molar-refractivity contribution in [2.45, 2.75) is 31.4 Å². The third kappa shape index (κ3) is 4.39. The van der Waals surface area contributed by atoms with Crippen molar-refractivity contribution in [3.8, 4) is 0 Å². The van der Waals surface area contributed by atoms with Crippen LogP contribution in [0, 0.1) is 0 Å². The van der Waals surface area contributed by atoms with Gasteiger partial charge in [-0.05, 0) is 0 Å². The van der Waals surface area contributed by atoms with Crippen molar-refractivity contribution < 1.29 is 29.0 Å². The Morgan fingerprint density at radius 3 is 2.47 bits per heavy atom. The maximum absolute atomic E-state index is 11.3. The summed E-state index contributed by atoms with van der Waals surface area (Å²) in [6.45, 7) is 0.320. The van der Waals surface area contributed by atoms with Gasteiger partial charge >= 0.3 is 17.9 Å². The number of aliphatic carboxylic acids is 1. The van der Waals surface area contributed by atoms with E-state index in [4.69, 9.17) is 9.84 Å². The lowest BCUT2D eigenvalue weighted by atomic mass is 10.2. The Labute approximate surface area is 98.1 Å². The molecule has 2 atom stereocenters. The molecule has 0 aliphatic carbocycles. The standard InChI is InChI=1S/C10H15NO6/c1-16-8(12)2-3-9(13)17-6-4-7(10(14)15)11-5-6/h6-7,11H,2-5H2,1H3,(H,14,15)/t6-,7+/m1/s1. The molecule has 7 heteroatoms. The number of carboxylic acid groups (broad SMARTS) is 1. The van der Waals surface area contributed by atoms with Crippen LogP contribution in [0.25, 0.3) is 0 Å². The second kappa shape index (κ2) is 6.19. The summed E-state index contributed by atoms with van der Waals surface area (Å²) < 4.78 is 9.40. The van der Waals surface area contributed by atoms with Gasteiger partial charge in [0.2, 0.25) is 0 Å². The summed E-state index contributed by atoms with van der Waals surface area (Å²) in [7, 11) is 1.24. The van der Waals surface area contributed by atoms with Crippen molar-refractivity contribution in [2.24, 2.45) is 0 Å². The monoisotopic (exact) mass is 245 g/mol. The summed E-state index contributed by atoms with van der Waals surface area (Å²) >= 11 is 0. The number of hydrogen-bond acceptors (Lipinski definition) is 6. The molecule has 1 aliphatic rings. The molecule has 96 valence electrons. The highest BCUT2D eigenvalue weighted by Gasteiger charge is 2.31.